The van der Waals surface area contributed by atoms with E-state index in [0.717, 1.165) is 19.5 Å². The van der Waals surface area contributed by atoms with E-state index in [1.165, 1.54) is 12.3 Å². The highest BCUT2D eigenvalue weighted by atomic mass is 35.5. The number of nitrogens with zero attached hydrogens (tertiary/aromatic N) is 3. The fraction of sp³-hybridized carbons (Fsp3) is 0.500. The van der Waals surface area contributed by atoms with Crippen LogP contribution in [-0.2, 0) is 0 Å². The zero-order valence-electron chi connectivity index (χ0n) is 9.39. The lowest BCUT2D eigenvalue weighted by Crippen LogP contribution is -2.30. The Balaban J connectivity index is 2.29. The van der Waals surface area contributed by atoms with Crippen LogP contribution in [-0.4, -0.2) is 36.1 Å². The smallest absolute Gasteiger partial charge is 0.313 e. The molecule has 1 atom stereocenters. The lowest BCUT2D eigenvalue weighted by atomic mass is 10.3. The number of likely N-dealkylation sites (N-methyl/N-ethyl adjacent to an activating group) is 1. The molecule has 17 heavy (non-hydrogen) atoms. The summed E-state index contributed by atoms with van der Waals surface area (Å²) >= 11 is 5.73. The first-order valence-electron chi connectivity index (χ1n) is 5.34. The van der Waals surface area contributed by atoms with Crippen molar-refractivity contribution in [3.8, 4) is 0 Å². The van der Waals surface area contributed by atoms with Crippen LogP contribution in [0.5, 0.6) is 0 Å². The van der Waals surface area contributed by atoms with Crippen LogP contribution >= 0.6 is 11.6 Å². The predicted molar refractivity (Wildman–Crippen MR) is 65.6 cm³/mol. The molecule has 0 aromatic carbocycles. The van der Waals surface area contributed by atoms with E-state index in [1.807, 2.05) is 11.9 Å². The van der Waals surface area contributed by atoms with Crippen LogP contribution in [0.2, 0.25) is 5.02 Å². The number of pyridine rings is 1. The van der Waals surface area contributed by atoms with Gasteiger partial charge in [-0.25, -0.2) is 4.98 Å². The summed E-state index contributed by atoms with van der Waals surface area (Å²) in [4.78, 5) is 16.5. The zero-order valence-corrected chi connectivity index (χ0v) is 10.1. The van der Waals surface area contributed by atoms with Gasteiger partial charge in [0.2, 0.25) is 5.82 Å². The first kappa shape index (κ1) is 12.1. The van der Waals surface area contributed by atoms with Crippen LogP contribution in [0.15, 0.2) is 12.3 Å². The summed E-state index contributed by atoms with van der Waals surface area (Å²) in [6.07, 6.45) is 2.40. The van der Waals surface area contributed by atoms with E-state index in [4.69, 9.17) is 11.6 Å². The molecule has 2 rings (SSSR count). The zero-order chi connectivity index (χ0) is 12.4. The fourth-order valence-electron chi connectivity index (χ4n) is 1.99. The Morgan fingerprint density at radius 2 is 2.47 bits per heavy atom. The Morgan fingerprint density at radius 1 is 1.71 bits per heavy atom. The van der Waals surface area contributed by atoms with Gasteiger partial charge in [-0.3, -0.25) is 10.1 Å². The number of hydrogen-bond donors (Lipinski definition) is 1. The largest absolute Gasteiger partial charge is 0.349 e. The molecule has 0 bridgehead atoms. The van der Waals surface area contributed by atoms with Crippen molar-refractivity contribution in [3.63, 3.8) is 0 Å². The second kappa shape index (κ2) is 4.85. The van der Waals surface area contributed by atoms with Crippen molar-refractivity contribution in [3.05, 3.63) is 27.4 Å². The van der Waals surface area contributed by atoms with E-state index in [0.29, 0.717) is 11.9 Å². The Morgan fingerprint density at radius 3 is 3.06 bits per heavy atom. The van der Waals surface area contributed by atoms with Crippen molar-refractivity contribution in [2.45, 2.75) is 12.5 Å². The number of anilines is 1. The van der Waals surface area contributed by atoms with Gasteiger partial charge in [-0.15, -0.1) is 0 Å². The molecule has 1 aromatic heterocycles. The number of halogens is 1. The molecule has 1 unspecified atom stereocenters. The lowest BCUT2D eigenvalue weighted by Gasteiger charge is -2.17. The summed E-state index contributed by atoms with van der Waals surface area (Å²) in [5.41, 5.74) is -0.0331. The molecule has 0 amide bonds. The quantitative estimate of drug-likeness (QED) is 0.655. The van der Waals surface area contributed by atoms with Gasteiger partial charge in [0, 0.05) is 31.4 Å². The molecule has 0 radical (unpaired) electrons. The number of hydrogen-bond acceptors (Lipinski definition) is 5. The van der Waals surface area contributed by atoms with Crippen LogP contribution in [0, 0.1) is 10.1 Å². The fourth-order valence-corrected chi connectivity index (χ4v) is 2.14. The summed E-state index contributed by atoms with van der Waals surface area (Å²) in [7, 11) is 1.89. The molecule has 0 spiro atoms. The second-order valence-electron chi connectivity index (χ2n) is 3.97. The summed E-state index contributed by atoms with van der Waals surface area (Å²) in [6.45, 7) is 1.49. The standard InChI is InChI=1S/C10H13ClN4O2/c1-12-8-2-3-14(6-8)10-9(15(16)17)4-7(11)5-13-10/h4-5,8,12H,2-3,6H2,1H3. The van der Waals surface area contributed by atoms with Gasteiger partial charge in [0.1, 0.15) is 0 Å². The van der Waals surface area contributed by atoms with Crippen molar-refractivity contribution in [1.82, 2.24) is 10.3 Å². The molecule has 6 nitrogen and oxygen atoms in total. The van der Waals surface area contributed by atoms with Crippen molar-refractivity contribution in [2.24, 2.45) is 0 Å². The molecule has 1 aromatic rings. The Bertz CT molecular complexity index is 440. The Hall–Kier alpha value is -1.40. The van der Waals surface area contributed by atoms with E-state index < -0.39 is 4.92 Å². The van der Waals surface area contributed by atoms with Crippen molar-refractivity contribution < 1.29 is 4.92 Å². The maximum atomic E-state index is 10.9. The van der Waals surface area contributed by atoms with E-state index >= 15 is 0 Å². The maximum absolute atomic E-state index is 10.9. The van der Waals surface area contributed by atoms with E-state index in [9.17, 15) is 10.1 Å². The Kier molecular flexibility index (Phi) is 3.44. The topological polar surface area (TPSA) is 71.3 Å². The van der Waals surface area contributed by atoms with Gasteiger partial charge < -0.3 is 10.2 Å². The number of nitro groups is 1. The third-order valence-electron chi connectivity index (χ3n) is 2.91. The summed E-state index contributed by atoms with van der Waals surface area (Å²) in [5.74, 6) is 0.400. The van der Waals surface area contributed by atoms with Gasteiger partial charge in [0.15, 0.2) is 0 Å². The first-order valence-corrected chi connectivity index (χ1v) is 5.71. The molecule has 7 heteroatoms. The second-order valence-corrected chi connectivity index (χ2v) is 4.41. The summed E-state index contributed by atoms with van der Waals surface area (Å²) in [5, 5.41) is 14.4. The molecule has 1 aliphatic rings. The van der Waals surface area contributed by atoms with Gasteiger partial charge in [-0.05, 0) is 13.5 Å². The minimum atomic E-state index is -0.444. The predicted octanol–water partition coefficient (Wildman–Crippen LogP) is 1.44. The van der Waals surface area contributed by atoms with Crippen molar-refractivity contribution in [1.29, 1.82) is 0 Å². The number of rotatable bonds is 3. The van der Waals surface area contributed by atoms with E-state index in [2.05, 4.69) is 10.3 Å². The normalized spacial score (nSPS) is 19.6. The van der Waals surface area contributed by atoms with E-state index in [-0.39, 0.29) is 10.7 Å². The minimum Gasteiger partial charge on any atom is -0.349 e. The monoisotopic (exact) mass is 256 g/mol. The van der Waals surface area contributed by atoms with Crippen LogP contribution in [0.3, 0.4) is 0 Å². The molecular formula is C10H13ClN4O2. The minimum absolute atomic E-state index is 0.0331. The number of nitrogens with one attached hydrogen (secondary N) is 1. The first-order chi connectivity index (χ1) is 8.11. The van der Waals surface area contributed by atoms with Crippen LogP contribution in [0.25, 0.3) is 0 Å². The molecule has 92 valence electrons. The van der Waals surface area contributed by atoms with Gasteiger partial charge in [0.25, 0.3) is 0 Å². The highest BCUT2D eigenvalue weighted by molar-refractivity contribution is 6.30. The average Bonchev–Trinajstić information content (AvgIpc) is 2.77. The van der Waals surface area contributed by atoms with Gasteiger partial charge >= 0.3 is 5.69 Å². The molecule has 1 N–H and O–H groups in total. The molecule has 0 aliphatic carbocycles. The molecule has 1 saturated heterocycles. The Labute approximate surface area is 104 Å². The van der Waals surface area contributed by atoms with Crippen molar-refractivity contribution in [2.75, 3.05) is 25.0 Å². The number of aromatic nitrogens is 1. The van der Waals surface area contributed by atoms with Gasteiger partial charge in [0.05, 0.1) is 9.95 Å². The summed E-state index contributed by atoms with van der Waals surface area (Å²) in [6, 6.07) is 1.70. The third kappa shape index (κ3) is 2.48. The van der Waals surface area contributed by atoms with Crippen LogP contribution in [0.1, 0.15) is 6.42 Å². The van der Waals surface area contributed by atoms with Crippen LogP contribution < -0.4 is 10.2 Å². The average molecular weight is 257 g/mol. The SMILES string of the molecule is CNC1CCN(c2ncc(Cl)cc2[N+](=O)[O-])C1. The van der Waals surface area contributed by atoms with Gasteiger partial charge in [-0.2, -0.15) is 0 Å². The molecule has 1 aliphatic heterocycles. The highest BCUT2D eigenvalue weighted by Crippen LogP contribution is 2.30. The summed E-state index contributed by atoms with van der Waals surface area (Å²) < 4.78 is 0. The van der Waals surface area contributed by atoms with Crippen molar-refractivity contribution >= 4 is 23.1 Å². The lowest BCUT2D eigenvalue weighted by molar-refractivity contribution is -0.384. The van der Waals surface area contributed by atoms with E-state index in [1.54, 1.807) is 0 Å². The van der Waals surface area contributed by atoms with Crippen LogP contribution in [0.4, 0.5) is 11.5 Å². The molecule has 1 fully saturated rings. The molecule has 2 heterocycles. The molecular weight excluding hydrogens is 244 g/mol. The molecule has 0 saturated carbocycles. The maximum Gasteiger partial charge on any atom is 0.313 e. The van der Waals surface area contributed by atoms with Gasteiger partial charge in [-0.1, -0.05) is 11.6 Å². The third-order valence-corrected chi connectivity index (χ3v) is 3.11. The highest BCUT2D eigenvalue weighted by Gasteiger charge is 2.28.